The van der Waals surface area contributed by atoms with Crippen LogP contribution in [0.3, 0.4) is 0 Å². The number of benzene rings is 1. The molecule has 3 rings (SSSR count). The number of ether oxygens (including phenoxy) is 3. The van der Waals surface area contributed by atoms with E-state index in [1.54, 1.807) is 24.3 Å². The normalized spacial score (nSPS) is 17.0. The van der Waals surface area contributed by atoms with Gasteiger partial charge in [-0.3, -0.25) is 14.4 Å². The molecule has 1 saturated heterocycles. The van der Waals surface area contributed by atoms with Gasteiger partial charge < -0.3 is 24.0 Å². The molecule has 0 radical (unpaired) electrons. The van der Waals surface area contributed by atoms with Crippen molar-refractivity contribution in [1.29, 1.82) is 0 Å². The molecule has 1 aromatic rings. The quantitative estimate of drug-likeness (QED) is 0.681. The average Bonchev–Trinajstić information content (AvgIpc) is 2.72. The lowest BCUT2D eigenvalue weighted by atomic mass is 9.88. The van der Waals surface area contributed by atoms with Crippen molar-refractivity contribution in [2.75, 3.05) is 60.3 Å². The third-order valence-corrected chi connectivity index (χ3v) is 4.76. The van der Waals surface area contributed by atoms with Crippen LogP contribution in [0.2, 0.25) is 0 Å². The molecule has 1 fully saturated rings. The fraction of sp³-hybridized carbons (Fsp3) is 0.450. The monoisotopic (exact) mass is 388 g/mol. The molecule has 0 bridgehead atoms. The topological polar surface area (TPSA) is 85.4 Å². The molecule has 1 aromatic carbocycles. The Morgan fingerprint density at radius 2 is 1.71 bits per heavy atom. The van der Waals surface area contributed by atoms with E-state index in [9.17, 15) is 14.4 Å². The summed E-state index contributed by atoms with van der Waals surface area (Å²) in [6.07, 6.45) is 0. The molecule has 0 N–H and O–H groups in total. The van der Waals surface area contributed by atoms with E-state index in [1.165, 1.54) is 19.1 Å². The van der Waals surface area contributed by atoms with Gasteiger partial charge >= 0.3 is 0 Å². The highest BCUT2D eigenvalue weighted by Gasteiger charge is 2.39. The van der Waals surface area contributed by atoms with E-state index in [1.807, 2.05) is 4.90 Å². The van der Waals surface area contributed by atoms with E-state index in [0.29, 0.717) is 37.4 Å². The molecule has 8 nitrogen and oxygen atoms in total. The number of fused-ring (bicyclic) bond motifs is 1. The lowest BCUT2D eigenvalue weighted by Crippen LogP contribution is -2.47. The molecule has 0 aromatic heterocycles. The number of ketones is 2. The number of hydrogen-bond acceptors (Lipinski definition) is 7. The fourth-order valence-corrected chi connectivity index (χ4v) is 3.43. The highest BCUT2D eigenvalue weighted by Crippen LogP contribution is 2.31. The summed E-state index contributed by atoms with van der Waals surface area (Å²) in [6.45, 7) is 2.00. The zero-order valence-corrected chi connectivity index (χ0v) is 16.1. The molecule has 28 heavy (non-hydrogen) atoms. The lowest BCUT2D eigenvalue weighted by molar-refractivity contribution is -0.133. The molecule has 150 valence electrons. The van der Waals surface area contributed by atoms with Gasteiger partial charge in [0, 0.05) is 45.0 Å². The predicted molar refractivity (Wildman–Crippen MR) is 100.0 cm³/mol. The maximum absolute atomic E-state index is 13.4. The molecule has 2 aliphatic rings. The summed E-state index contributed by atoms with van der Waals surface area (Å²) < 4.78 is 15.5. The Balaban J connectivity index is 2.14. The number of carbonyl (C=O) groups is 3. The van der Waals surface area contributed by atoms with Gasteiger partial charge in [-0.25, -0.2) is 0 Å². The Morgan fingerprint density at radius 1 is 1.07 bits per heavy atom. The number of carbonyl (C=O) groups excluding carboxylic acids is 3. The van der Waals surface area contributed by atoms with Crippen LogP contribution < -0.4 is 0 Å². The maximum Gasteiger partial charge on any atom is 0.253 e. The van der Waals surface area contributed by atoms with Crippen molar-refractivity contribution in [3.8, 4) is 0 Å². The van der Waals surface area contributed by atoms with Crippen LogP contribution in [-0.2, 0) is 19.0 Å². The van der Waals surface area contributed by atoms with Crippen molar-refractivity contribution in [1.82, 2.24) is 9.80 Å². The molecule has 0 saturated carbocycles. The summed E-state index contributed by atoms with van der Waals surface area (Å²) in [4.78, 5) is 42.6. The Morgan fingerprint density at radius 3 is 2.32 bits per heavy atom. The van der Waals surface area contributed by atoms with Crippen LogP contribution in [0, 0.1) is 0 Å². The summed E-state index contributed by atoms with van der Waals surface area (Å²) in [5.41, 5.74) is 0.980. The van der Waals surface area contributed by atoms with Crippen LogP contribution in [0.15, 0.2) is 35.7 Å². The second kappa shape index (κ2) is 9.09. The van der Waals surface area contributed by atoms with Crippen molar-refractivity contribution in [3.63, 3.8) is 0 Å². The van der Waals surface area contributed by atoms with Crippen LogP contribution in [0.1, 0.15) is 20.7 Å². The van der Waals surface area contributed by atoms with Gasteiger partial charge in [-0.2, -0.15) is 0 Å². The van der Waals surface area contributed by atoms with Crippen LogP contribution >= 0.6 is 0 Å². The molecular weight excluding hydrogens is 364 g/mol. The molecule has 1 heterocycles. The molecule has 1 aliphatic heterocycles. The molecular formula is C20H24N2O6. The highest BCUT2D eigenvalue weighted by molar-refractivity contribution is 6.27. The van der Waals surface area contributed by atoms with Gasteiger partial charge in [-0.1, -0.05) is 24.3 Å². The number of nitrogens with zero attached hydrogens (tertiary/aromatic N) is 2. The molecule has 1 aliphatic carbocycles. The zero-order chi connectivity index (χ0) is 20.1. The second-order valence-corrected chi connectivity index (χ2v) is 6.47. The Hall–Kier alpha value is -2.55. The van der Waals surface area contributed by atoms with Gasteiger partial charge in [0.25, 0.3) is 5.91 Å². The van der Waals surface area contributed by atoms with Crippen molar-refractivity contribution >= 4 is 17.5 Å². The van der Waals surface area contributed by atoms with Crippen molar-refractivity contribution in [2.24, 2.45) is 0 Å². The summed E-state index contributed by atoms with van der Waals surface area (Å²) in [7, 11) is 2.92. The second-order valence-electron chi connectivity index (χ2n) is 6.47. The van der Waals surface area contributed by atoms with E-state index >= 15 is 0 Å². The van der Waals surface area contributed by atoms with Gasteiger partial charge in [0.15, 0.2) is 0 Å². The van der Waals surface area contributed by atoms with Crippen molar-refractivity contribution in [2.45, 2.75) is 0 Å². The van der Waals surface area contributed by atoms with E-state index in [4.69, 9.17) is 14.2 Å². The Bertz CT molecular complexity index is 798. The van der Waals surface area contributed by atoms with Gasteiger partial charge in [0.1, 0.15) is 18.0 Å². The molecule has 0 atom stereocenters. The standard InChI is InChI=1S/C20H24N2O6/c1-26-10-9-22(16(23)13-27-2)18-17(21-7-11-28-12-8-21)19(24)14-5-3-4-6-15(14)20(18)25/h3-6H,7-13H2,1-2H3. The number of rotatable bonds is 7. The number of Topliss-reactive ketones (excluding diaryl/α,β-unsaturated/α-hetero) is 2. The zero-order valence-electron chi connectivity index (χ0n) is 16.1. The molecule has 0 unspecified atom stereocenters. The van der Waals surface area contributed by atoms with Gasteiger partial charge in [0.2, 0.25) is 11.6 Å². The van der Waals surface area contributed by atoms with Crippen LogP contribution in [0.4, 0.5) is 0 Å². The van der Waals surface area contributed by atoms with Gasteiger partial charge in [-0.05, 0) is 0 Å². The van der Waals surface area contributed by atoms with E-state index < -0.39 is 5.91 Å². The lowest BCUT2D eigenvalue weighted by Gasteiger charge is -2.36. The number of allylic oxidation sites excluding steroid dienone is 2. The first-order chi connectivity index (χ1) is 13.6. The first kappa shape index (κ1) is 20.2. The molecule has 0 spiro atoms. The third kappa shape index (κ3) is 3.84. The smallest absolute Gasteiger partial charge is 0.253 e. The van der Waals surface area contributed by atoms with Crippen LogP contribution in [0.25, 0.3) is 0 Å². The minimum atomic E-state index is -0.402. The number of morpholine rings is 1. The first-order valence-corrected chi connectivity index (χ1v) is 9.13. The largest absolute Gasteiger partial charge is 0.383 e. The van der Waals surface area contributed by atoms with E-state index in [2.05, 4.69) is 0 Å². The highest BCUT2D eigenvalue weighted by atomic mass is 16.5. The van der Waals surface area contributed by atoms with E-state index in [-0.39, 0.29) is 42.7 Å². The first-order valence-electron chi connectivity index (χ1n) is 9.13. The Labute approximate surface area is 163 Å². The van der Waals surface area contributed by atoms with E-state index in [0.717, 1.165) is 0 Å². The number of methoxy groups -OCH3 is 2. The number of amides is 1. The minimum Gasteiger partial charge on any atom is -0.383 e. The summed E-state index contributed by atoms with van der Waals surface area (Å²) in [5.74, 6) is -1.02. The third-order valence-electron chi connectivity index (χ3n) is 4.76. The summed E-state index contributed by atoms with van der Waals surface area (Å²) in [6, 6.07) is 6.69. The van der Waals surface area contributed by atoms with Crippen molar-refractivity contribution in [3.05, 3.63) is 46.8 Å². The molecule has 8 heteroatoms. The fourth-order valence-electron chi connectivity index (χ4n) is 3.43. The van der Waals surface area contributed by atoms with Gasteiger partial charge in [-0.15, -0.1) is 0 Å². The maximum atomic E-state index is 13.4. The van der Waals surface area contributed by atoms with Gasteiger partial charge in [0.05, 0.1) is 19.8 Å². The summed E-state index contributed by atoms with van der Waals surface area (Å²) in [5, 5.41) is 0. The summed E-state index contributed by atoms with van der Waals surface area (Å²) >= 11 is 0. The van der Waals surface area contributed by atoms with Crippen molar-refractivity contribution < 1.29 is 28.6 Å². The van der Waals surface area contributed by atoms with Crippen LogP contribution in [-0.4, -0.2) is 87.6 Å². The average molecular weight is 388 g/mol. The molecule has 1 amide bonds. The number of hydrogen-bond donors (Lipinski definition) is 0. The SMILES string of the molecule is COCCN(C(=O)COC)C1=C(N2CCOCC2)C(=O)c2ccccc2C1=O. The minimum absolute atomic E-state index is 0.0877. The predicted octanol–water partition coefficient (Wildman–Crippen LogP) is 0.731. The Kier molecular flexibility index (Phi) is 6.56. The van der Waals surface area contributed by atoms with Crippen LogP contribution in [0.5, 0.6) is 0 Å².